The van der Waals surface area contributed by atoms with Crippen LogP contribution in [-0.4, -0.2) is 36.9 Å². The Morgan fingerprint density at radius 2 is 2.03 bits per heavy atom. The fourth-order valence-electron chi connectivity index (χ4n) is 3.84. The minimum Gasteiger partial charge on any atom is -0.467 e. The summed E-state index contributed by atoms with van der Waals surface area (Å²) in [5.74, 6) is 1.22. The minimum absolute atomic E-state index is 0.0607. The Hall–Kier alpha value is -3.37. The molecule has 0 spiro atoms. The molecule has 0 aliphatic heterocycles. The number of amides is 1. The maximum Gasteiger partial charge on any atom is 0.273 e. The number of furan rings is 1. The Labute approximate surface area is 203 Å². The first-order valence-corrected chi connectivity index (χ1v) is 12.8. The van der Waals surface area contributed by atoms with E-state index in [1.807, 2.05) is 47.0 Å². The number of nitrogens with one attached hydrogen (secondary N) is 1. The van der Waals surface area contributed by atoms with E-state index < -0.39 is 0 Å². The molecule has 4 aromatic heterocycles. The number of benzene rings is 1. The van der Waals surface area contributed by atoms with Gasteiger partial charge in [-0.3, -0.25) is 18.6 Å². The van der Waals surface area contributed by atoms with Crippen LogP contribution in [0.3, 0.4) is 0 Å². The van der Waals surface area contributed by atoms with Crippen LogP contribution in [-0.2, 0) is 17.8 Å². The number of nitrogens with zero attached hydrogens (tertiary/aromatic N) is 4. The lowest BCUT2D eigenvalue weighted by Gasteiger charge is -2.13. The number of thioether (sulfide) groups is 1. The molecule has 0 saturated carbocycles. The van der Waals surface area contributed by atoms with Crippen LogP contribution in [0.25, 0.3) is 16.0 Å². The molecular formula is C24H23N5O3S2. The van der Waals surface area contributed by atoms with Crippen LogP contribution in [0.15, 0.2) is 74.5 Å². The van der Waals surface area contributed by atoms with E-state index >= 15 is 0 Å². The zero-order valence-electron chi connectivity index (χ0n) is 18.5. The van der Waals surface area contributed by atoms with Crippen molar-refractivity contribution in [2.24, 2.45) is 0 Å². The van der Waals surface area contributed by atoms with Crippen LogP contribution in [0, 0.1) is 0 Å². The molecule has 0 fully saturated rings. The third-order valence-corrected chi connectivity index (χ3v) is 7.35. The maximum absolute atomic E-state index is 13.1. The van der Waals surface area contributed by atoms with E-state index in [0.717, 1.165) is 18.4 Å². The highest BCUT2D eigenvalue weighted by atomic mass is 32.2. The van der Waals surface area contributed by atoms with Gasteiger partial charge >= 0.3 is 0 Å². The normalized spacial score (nSPS) is 12.4. The van der Waals surface area contributed by atoms with Gasteiger partial charge in [0, 0.05) is 6.04 Å². The molecule has 10 heteroatoms. The molecule has 5 rings (SSSR count). The van der Waals surface area contributed by atoms with Gasteiger partial charge in [0.25, 0.3) is 5.56 Å². The number of carbonyl (C=O) groups is 1. The van der Waals surface area contributed by atoms with Gasteiger partial charge in [0.1, 0.15) is 10.5 Å². The van der Waals surface area contributed by atoms with Crippen LogP contribution in [0.1, 0.15) is 24.7 Å². The first-order chi connectivity index (χ1) is 16.6. The molecule has 0 radical (unpaired) electrons. The van der Waals surface area contributed by atoms with Gasteiger partial charge in [0.05, 0.1) is 24.1 Å². The zero-order valence-corrected chi connectivity index (χ0v) is 20.1. The standard InChI is InChI=1S/C24H23N5O3S2/c1-16(9-10-17-6-3-2-4-7-17)25-20(30)15-34-24-27-26-23-28(14-18-8-5-12-32-18)22(31)21-19(29(23)24)11-13-33-21/h2-8,11-13,16H,9-10,14-15H2,1H3,(H,25,30)/t16-/m0/s1. The van der Waals surface area contributed by atoms with E-state index in [0.29, 0.717) is 21.4 Å². The van der Waals surface area contributed by atoms with Gasteiger partial charge in [0.15, 0.2) is 5.16 Å². The molecule has 1 N–H and O–H groups in total. The van der Waals surface area contributed by atoms with Crippen molar-refractivity contribution in [2.45, 2.75) is 37.5 Å². The fourth-order valence-corrected chi connectivity index (χ4v) is 5.42. The SMILES string of the molecule is C[C@@H](CCc1ccccc1)NC(=O)CSc1nnc2n(Cc3ccco3)c(=O)c3sccc3n12. The van der Waals surface area contributed by atoms with Crippen molar-refractivity contribution in [1.82, 2.24) is 24.5 Å². The number of hydrogen-bond acceptors (Lipinski definition) is 7. The summed E-state index contributed by atoms with van der Waals surface area (Å²) in [5, 5.41) is 14.1. The van der Waals surface area contributed by atoms with E-state index in [9.17, 15) is 9.59 Å². The van der Waals surface area contributed by atoms with Crippen LogP contribution in [0.2, 0.25) is 0 Å². The predicted octanol–water partition coefficient (Wildman–Crippen LogP) is 3.98. The van der Waals surface area contributed by atoms with E-state index in [-0.39, 0.29) is 29.8 Å². The average Bonchev–Trinajstić information content (AvgIpc) is 3.60. The number of rotatable bonds is 9. The second kappa shape index (κ2) is 9.86. The summed E-state index contributed by atoms with van der Waals surface area (Å²) in [6.45, 7) is 2.27. The molecule has 34 heavy (non-hydrogen) atoms. The highest BCUT2D eigenvalue weighted by molar-refractivity contribution is 7.99. The van der Waals surface area contributed by atoms with Crippen molar-refractivity contribution < 1.29 is 9.21 Å². The lowest BCUT2D eigenvalue weighted by atomic mass is 10.1. The molecule has 0 unspecified atom stereocenters. The first kappa shape index (κ1) is 22.4. The van der Waals surface area contributed by atoms with Gasteiger partial charge in [-0.2, -0.15) is 0 Å². The van der Waals surface area contributed by atoms with Crippen molar-refractivity contribution in [3.63, 3.8) is 0 Å². The molecule has 1 atom stereocenters. The van der Waals surface area contributed by atoms with Crippen LogP contribution in [0.5, 0.6) is 0 Å². The maximum atomic E-state index is 13.1. The molecule has 4 heterocycles. The molecule has 1 aromatic carbocycles. The summed E-state index contributed by atoms with van der Waals surface area (Å²) < 4.78 is 9.44. The second-order valence-electron chi connectivity index (χ2n) is 8.01. The quantitative estimate of drug-likeness (QED) is 0.312. The van der Waals surface area contributed by atoms with Gasteiger partial charge < -0.3 is 9.73 Å². The van der Waals surface area contributed by atoms with Crippen molar-refractivity contribution in [3.8, 4) is 0 Å². The zero-order chi connectivity index (χ0) is 23.5. The Morgan fingerprint density at radius 1 is 1.18 bits per heavy atom. The first-order valence-electron chi connectivity index (χ1n) is 10.9. The molecule has 174 valence electrons. The molecule has 0 aliphatic carbocycles. The number of carbonyl (C=O) groups excluding carboxylic acids is 1. The summed E-state index contributed by atoms with van der Waals surface area (Å²) in [4.78, 5) is 25.7. The van der Waals surface area contributed by atoms with Crippen LogP contribution in [0.4, 0.5) is 0 Å². The van der Waals surface area contributed by atoms with Crippen molar-refractivity contribution in [2.75, 3.05) is 5.75 Å². The van der Waals surface area contributed by atoms with Gasteiger partial charge in [-0.15, -0.1) is 21.5 Å². The summed E-state index contributed by atoms with van der Waals surface area (Å²) in [6.07, 6.45) is 3.35. The molecule has 0 saturated heterocycles. The number of aromatic nitrogens is 4. The number of hydrogen-bond donors (Lipinski definition) is 1. The van der Waals surface area contributed by atoms with Crippen LogP contribution < -0.4 is 10.9 Å². The lowest BCUT2D eigenvalue weighted by Crippen LogP contribution is -2.34. The molecule has 8 nitrogen and oxygen atoms in total. The van der Waals surface area contributed by atoms with Crippen molar-refractivity contribution in [3.05, 3.63) is 81.9 Å². The number of thiophene rings is 1. The van der Waals surface area contributed by atoms with Crippen molar-refractivity contribution in [1.29, 1.82) is 0 Å². The largest absolute Gasteiger partial charge is 0.467 e. The summed E-state index contributed by atoms with van der Waals surface area (Å²) in [5.41, 5.74) is 1.86. The van der Waals surface area contributed by atoms with E-state index in [2.05, 4.69) is 27.6 Å². The monoisotopic (exact) mass is 493 g/mol. The Morgan fingerprint density at radius 3 is 2.82 bits per heavy atom. The molecule has 1 amide bonds. The van der Waals surface area contributed by atoms with Gasteiger partial charge in [0.2, 0.25) is 11.7 Å². The highest BCUT2D eigenvalue weighted by Gasteiger charge is 2.19. The summed E-state index contributed by atoms with van der Waals surface area (Å²) in [6, 6.07) is 15.8. The summed E-state index contributed by atoms with van der Waals surface area (Å²) in [7, 11) is 0. The van der Waals surface area contributed by atoms with Crippen molar-refractivity contribution >= 4 is 45.0 Å². The van der Waals surface area contributed by atoms with Gasteiger partial charge in [-0.25, -0.2) is 0 Å². The molecule has 5 aromatic rings. The second-order valence-corrected chi connectivity index (χ2v) is 9.86. The number of aryl methyl sites for hydroxylation is 1. The third kappa shape index (κ3) is 4.64. The Balaban J connectivity index is 1.31. The van der Waals surface area contributed by atoms with Gasteiger partial charge in [-0.05, 0) is 48.9 Å². The average molecular weight is 494 g/mol. The van der Waals surface area contributed by atoms with E-state index in [1.165, 1.54) is 28.7 Å². The fraction of sp³-hybridized carbons (Fsp3) is 0.250. The number of fused-ring (bicyclic) bond motifs is 3. The third-order valence-electron chi connectivity index (χ3n) is 5.53. The predicted molar refractivity (Wildman–Crippen MR) is 134 cm³/mol. The smallest absolute Gasteiger partial charge is 0.273 e. The Kier molecular flexibility index (Phi) is 6.50. The van der Waals surface area contributed by atoms with E-state index in [4.69, 9.17) is 4.42 Å². The summed E-state index contributed by atoms with van der Waals surface area (Å²) >= 11 is 2.68. The lowest BCUT2D eigenvalue weighted by molar-refractivity contribution is -0.119. The minimum atomic E-state index is -0.136. The molecule has 0 aliphatic rings. The van der Waals surface area contributed by atoms with E-state index in [1.54, 1.807) is 16.9 Å². The molecular weight excluding hydrogens is 470 g/mol. The highest BCUT2D eigenvalue weighted by Crippen LogP contribution is 2.24. The van der Waals surface area contributed by atoms with Gasteiger partial charge in [-0.1, -0.05) is 42.1 Å². The van der Waals surface area contributed by atoms with Crippen LogP contribution >= 0.6 is 23.1 Å². The topological polar surface area (TPSA) is 94.4 Å². The Bertz CT molecular complexity index is 1470. The molecule has 0 bridgehead atoms.